The van der Waals surface area contributed by atoms with Gasteiger partial charge in [0.2, 0.25) is 0 Å². The molecule has 1 saturated heterocycles. The molecule has 0 radical (unpaired) electrons. The number of nitrogens with zero attached hydrogens (tertiary/aromatic N) is 4. The minimum absolute atomic E-state index is 0.0152. The number of carbonyl (C=O) groups is 1. The molecule has 1 amide bonds. The molecule has 0 aliphatic carbocycles. The Morgan fingerprint density at radius 2 is 1.94 bits per heavy atom. The Morgan fingerprint density at radius 3 is 2.68 bits per heavy atom. The van der Waals surface area contributed by atoms with E-state index < -0.39 is 0 Å². The van der Waals surface area contributed by atoms with Crippen LogP contribution in [0, 0.1) is 6.92 Å². The number of fused-ring (bicyclic) bond motifs is 2. The van der Waals surface area contributed by atoms with Gasteiger partial charge >= 0.3 is 0 Å². The second-order valence-electron chi connectivity index (χ2n) is 8.43. The van der Waals surface area contributed by atoms with Gasteiger partial charge in [-0.1, -0.05) is 18.9 Å². The second-order valence-corrected chi connectivity index (χ2v) is 9.43. The zero-order valence-electron chi connectivity index (χ0n) is 17.8. The summed E-state index contributed by atoms with van der Waals surface area (Å²) in [5.74, 6) is 1.68. The lowest BCUT2D eigenvalue weighted by atomic mass is 10.2. The molecule has 0 saturated carbocycles. The van der Waals surface area contributed by atoms with E-state index in [0.717, 1.165) is 48.7 Å². The Kier molecular flexibility index (Phi) is 5.48. The van der Waals surface area contributed by atoms with Gasteiger partial charge in [0.25, 0.3) is 11.5 Å². The average Bonchev–Trinajstić information content (AvgIpc) is 3.27. The summed E-state index contributed by atoms with van der Waals surface area (Å²) < 4.78 is 1.75. The summed E-state index contributed by atoms with van der Waals surface area (Å²) in [6.45, 7) is 5.09. The van der Waals surface area contributed by atoms with Crippen LogP contribution in [0.3, 0.4) is 0 Å². The minimum atomic E-state index is -0.165. The van der Waals surface area contributed by atoms with E-state index in [2.05, 4.69) is 20.2 Å². The highest BCUT2D eigenvalue weighted by atomic mass is 32.1. The smallest absolute Gasteiger partial charge is 0.262 e. The first kappa shape index (κ1) is 20.2. The van der Waals surface area contributed by atoms with Crippen LogP contribution in [0.25, 0.3) is 10.2 Å². The van der Waals surface area contributed by atoms with E-state index in [1.807, 2.05) is 25.3 Å². The Labute approximate surface area is 185 Å². The van der Waals surface area contributed by atoms with Crippen LogP contribution < -0.4 is 15.8 Å². The number of nitrogens with one attached hydrogen (secondary N) is 1. The van der Waals surface area contributed by atoms with Crippen molar-refractivity contribution in [2.45, 2.75) is 58.5 Å². The Bertz CT molecular complexity index is 1170. The summed E-state index contributed by atoms with van der Waals surface area (Å²) in [5, 5.41) is 3.57. The first-order valence-electron chi connectivity index (χ1n) is 11.1. The molecule has 2 aliphatic heterocycles. The normalized spacial score (nSPS) is 16.4. The number of rotatable bonds is 4. The van der Waals surface area contributed by atoms with Crippen LogP contribution in [0.2, 0.25) is 0 Å². The zero-order valence-corrected chi connectivity index (χ0v) is 18.6. The van der Waals surface area contributed by atoms with Crippen LogP contribution in [-0.4, -0.2) is 33.5 Å². The van der Waals surface area contributed by atoms with Gasteiger partial charge in [-0.05, 0) is 43.4 Å². The number of carbonyl (C=O) groups excluding carboxylic acids is 1. The first-order chi connectivity index (χ1) is 15.1. The summed E-state index contributed by atoms with van der Waals surface area (Å²) in [6.07, 6.45) is 8.65. The largest absolute Gasteiger partial charge is 0.357 e. The van der Waals surface area contributed by atoms with Crippen molar-refractivity contribution in [2.75, 3.05) is 18.0 Å². The lowest BCUT2D eigenvalue weighted by Gasteiger charge is -2.21. The van der Waals surface area contributed by atoms with Gasteiger partial charge in [0.1, 0.15) is 16.5 Å². The molecule has 0 aromatic carbocycles. The summed E-state index contributed by atoms with van der Waals surface area (Å²) in [6, 6.07) is 4.08. The third kappa shape index (κ3) is 3.84. The van der Waals surface area contributed by atoms with Crippen molar-refractivity contribution in [1.29, 1.82) is 0 Å². The van der Waals surface area contributed by atoms with Gasteiger partial charge in [-0.25, -0.2) is 9.97 Å². The van der Waals surface area contributed by atoms with Crippen LogP contribution in [0.5, 0.6) is 0 Å². The number of anilines is 1. The Hall–Kier alpha value is -2.74. The van der Waals surface area contributed by atoms with E-state index in [-0.39, 0.29) is 11.5 Å². The predicted octanol–water partition coefficient (Wildman–Crippen LogP) is 3.42. The Balaban J connectivity index is 1.29. The third-order valence-corrected chi connectivity index (χ3v) is 7.49. The number of thiophene rings is 1. The fraction of sp³-hybridized carbons (Fsp3) is 0.478. The number of hydrogen-bond acceptors (Lipinski definition) is 6. The van der Waals surface area contributed by atoms with Gasteiger partial charge in [-0.2, -0.15) is 0 Å². The van der Waals surface area contributed by atoms with E-state index in [1.165, 1.54) is 37.0 Å². The molecule has 1 N–H and O–H groups in total. The van der Waals surface area contributed by atoms with Gasteiger partial charge in [-0.15, -0.1) is 11.3 Å². The molecule has 3 aromatic rings. The van der Waals surface area contributed by atoms with Crippen LogP contribution in [0.15, 0.2) is 23.1 Å². The molecule has 3 aromatic heterocycles. The fourth-order valence-electron chi connectivity index (χ4n) is 4.56. The number of amides is 1. The quantitative estimate of drug-likeness (QED) is 0.677. The first-order valence-corrected chi connectivity index (χ1v) is 11.9. The van der Waals surface area contributed by atoms with Crippen molar-refractivity contribution in [1.82, 2.24) is 19.9 Å². The maximum Gasteiger partial charge on any atom is 0.262 e. The molecule has 31 heavy (non-hydrogen) atoms. The van der Waals surface area contributed by atoms with Gasteiger partial charge < -0.3 is 10.2 Å². The number of hydrogen-bond donors (Lipinski definition) is 1. The maximum absolute atomic E-state index is 12.9. The molecule has 2 aliphatic rings. The molecular weight excluding hydrogens is 410 g/mol. The average molecular weight is 438 g/mol. The number of pyridine rings is 1. The molecule has 0 atom stereocenters. The molecule has 0 bridgehead atoms. The molecule has 0 unspecified atom stereocenters. The van der Waals surface area contributed by atoms with E-state index in [1.54, 1.807) is 4.57 Å². The van der Waals surface area contributed by atoms with Gasteiger partial charge in [0, 0.05) is 38.8 Å². The number of aromatic nitrogens is 3. The molecule has 5 rings (SSSR count). The monoisotopic (exact) mass is 437 g/mol. The predicted molar refractivity (Wildman–Crippen MR) is 123 cm³/mol. The van der Waals surface area contributed by atoms with Crippen molar-refractivity contribution < 1.29 is 4.79 Å². The topological polar surface area (TPSA) is 80.1 Å². The summed E-state index contributed by atoms with van der Waals surface area (Å²) in [4.78, 5) is 38.5. The number of aryl methyl sites for hydroxylation is 2. The van der Waals surface area contributed by atoms with Crippen molar-refractivity contribution in [3.8, 4) is 0 Å². The zero-order chi connectivity index (χ0) is 21.4. The highest BCUT2D eigenvalue weighted by molar-refractivity contribution is 7.20. The lowest BCUT2D eigenvalue weighted by molar-refractivity contribution is 0.0954. The van der Waals surface area contributed by atoms with Gasteiger partial charge in [0.05, 0.1) is 10.3 Å². The standard InChI is InChI=1S/C23H27N5O2S/c1-15-19-22(26-18-7-6-12-28(18)23(19)30)31-20(15)21(29)25-14-16-8-9-17(24-13-16)27-10-4-2-3-5-11-27/h8-9,13H,2-7,10-12,14H2,1H3,(H,25,29). The summed E-state index contributed by atoms with van der Waals surface area (Å²) in [5.41, 5.74) is 1.67. The highest BCUT2D eigenvalue weighted by Gasteiger charge is 2.23. The van der Waals surface area contributed by atoms with Crippen molar-refractivity contribution >= 4 is 33.3 Å². The minimum Gasteiger partial charge on any atom is -0.357 e. The molecule has 7 nitrogen and oxygen atoms in total. The van der Waals surface area contributed by atoms with Crippen LogP contribution in [0.4, 0.5) is 5.82 Å². The Morgan fingerprint density at radius 1 is 1.13 bits per heavy atom. The maximum atomic E-state index is 12.9. The SMILES string of the molecule is Cc1c(C(=O)NCc2ccc(N3CCCCCC3)nc2)sc2nc3n(c(=O)c12)CCC3. The van der Waals surface area contributed by atoms with Crippen molar-refractivity contribution in [3.05, 3.63) is 50.5 Å². The van der Waals surface area contributed by atoms with Crippen LogP contribution in [0.1, 0.15) is 58.7 Å². The lowest BCUT2D eigenvalue weighted by Crippen LogP contribution is -2.25. The van der Waals surface area contributed by atoms with Crippen LogP contribution in [-0.2, 0) is 19.5 Å². The molecule has 8 heteroatoms. The van der Waals surface area contributed by atoms with Gasteiger partial charge in [-0.3, -0.25) is 14.2 Å². The summed E-state index contributed by atoms with van der Waals surface area (Å²) >= 11 is 1.31. The van der Waals surface area contributed by atoms with E-state index in [4.69, 9.17) is 0 Å². The third-order valence-electron chi connectivity index (χ3n) is 6.31. The van der Waals surface area contributed by atoms with Crippen molar-refractivity contribution in [2.24, 2.45) is 0 Å². The molecule has 0 spiro atoms. The van der Waals surface area contributed by atoms with E-state index in [0.29, 0.717) is 28.2 Å². The fourth-order valence-corrected chi connectivity index (χ4v) is 5.67. The van der Waals surface area contributed by atoms with E-state index >= 15 is 0 Å². The van der Waals surface area contributed by atoms with Crippen LogP contribution >= 0.6 is 11.3 Å². The summed E-state index contributed by atoms with van der Waals surface area (Å²) in [7, 11) is 0. The highest BCUT2D eigenvalue weighted by Crippen LogP contribution is 2.28. The molecular formula is C23H27N5O2S. The van der Waals surface area contributed by atoms with E-state index in [9.17, 15) is 9.59 Å². The molecule has 1 fully saturated rings. The molecule has 5 heterocycles. The van der Waals surface area contributed by atoms with Crippen molar-refractivity contribution in [3.63, 3.8) is 0 Å². The molecule has 162 valence electrons. The van der Waals surface area contributed by atoms with Gasteiger partial charge in [0.15, 0.2) is 0 Å². The second kappa shape index (κ2) is 8.42.